The Hall–Kier alpha value is -1.76. The van der Waals surface area contributed by atoms with Gasteiger partial charge < -0.3 is 4.98 Å². The minimum Gasteiger partial charge on any atom is -0.354 e. The predicted octanol–water partition coefficient (Wildman–Crippen LogP) is 6.93. The first-order chi connectivity index (χ1) is 11.4. The van der Waals surface area contributed by atoms with Crippen LogP contribution in [0.1, 0.15) is 69.3 Å². The van der Waals surface area contributed by atoms with Crippen molar-refractivity contribution in [3.8, 4) is 0 Å². The van der Waals surface area contributed by atoms with E-state index in [2.05, 4.69) is 47.4 Å². The second-order valence-corrected chi connectivity index (χ2v) is 7.19. The summed E-state index contributed by atoms with van der Waals surface area (Å²) in [6.07, 6.45) is 12.6. The summed E-state index contributed by atoms with van der Waals surface area (Å²) in [4.78, 5) is 3.71. The number of fused-ring (bicyclic) bond motifs is 3. The molecule has 0 unspecified atom stereocenters. The summed E-state index contributed by atoms with van der Waals surface area (Å²) in [5, 5.41) is 2.76. The first-order valence-corrected chi connectivity index (χ1v) is 9.43. The molecule has 23 heavy (non-hydrogen) atoms. The number of nitrogens with one attached hydrogen (secondary N) is 1. The van der Waals surface area contributed by atoms with Gasteiger partial charge in [0.25, 0.3) is 0 Å². The summed E-state index contributed by atoms with van der Waals surface area (Å²) in [6, 6.07) is 15.6. The van der Waals surface area contributed by atoms with E-state index in [1.54, 1.807) is 5.56 Å². The van der Waals surface area contributed by atoms with E-state index in [9.17, 15) is 0 Å². The maximum absolute atomic E-state index is 3.71. The first-order valence-electron chi connectivity index (χ1n) is 9.43. The zero-order valence-corrected chi connectivity index (χ0v) is 14.0. The minimum atomic E-state index is 0.727. The molecule has 1 heterocycles. The Balaban J connectivity index is 1.73. The number of aromatic nitrogens is 1. The number of hydrogen-bond acceptors (Lipinski definition) is 0. The van der Waals surface area contributed by atoms with Crippen LogP contribution in [0.3, 0.4) is 0 Å². The molecule has 1 aliphatic carbocycles. The van der Waals surface area contributed by atoms with Crippen LogP contribution in [0.2, 0.25) is 0 Å². The van der Waals surface area contributed by atoms with E-state index in [-0.39, 0.29) is 0 Å². The standard InChI is InChI=1S/C22H27N/c1-2-4-6-11-17(12-7-5-3-1)18-14-10-15-20-19-13-8-9-16-21(19)23-22(18)20/h8-10,13-17,23H,1-7,11-12H2. The molecule has 1 nitrogen and oxygen atoms in total. The zero-order chi connectivity index (χ0) is 15.5. The second-order valence-electron chi connectivity index (χ2n) is 7.19. The van der Waals surface area contributed by atoms with Crippen molar-refractivity contribution in [2.24, 2.45) is 0 Å². The van der Waals surface area contributed by atoms with Gasteiger partial charge in [-0.3, -0.25) is 0 Å². The molecular weight excluding hydrogens is 278 g/mol. The summed E-state index contributed by atoms with van der Waals surface area (Å²) in [5.74, 6) is 0.727. The number of benzene rings is 2. The normalized spacial score (nSPS) is 18.4. The van der Waals surface area contributed by atoms with Crippen LogP contribution in [0, 0.1) is 0 Å². The third-order valence-corrected chi connectivity index (χ3v) is 5.62. The Morgan fingerprint density at radius 3 is 2.09 bits per heavy atom. The topological polar surface area (TPSA) is 15.8 Å². The number of aromatic amines is 1. The molecule has 0 bridgehead atoms. The van der Waals surface area contributed by atoms with Crippen molar-refractivity contribution >= 4 is 21.8 Å². The van der Waals surface area contributed by atoms with Crippen LogP contribution in [0.4, 0.5) is 0 Å². The number of rotatable bonds is 1. The van der Waals surface area contributed by atoms with Crippen LogP contribution in [0.15, 0.2) is 42.5 Å². The maximum Gasteiger partial charge on any atom is 0.0500 e. The number of hydrogen-bond donors (Lipinski definition) is 1. The molecule has 1 aromatic heterocycles. The van der Waals surface area contributed by atoms with Gasteiger partial charge in [0, 0.05) is 21.8 Å². The summed E-state index contributed by atoms with van der Waals surface area (Å²) >= 11 is 0. The lowest BCUT2D eigenvalue weighted by molar-refractivity contribution is 0.464. The van der Waals surface area contributed by atoms with E-state index < -0.39 is 0 Å². The minimum absolute atomic E-state index is 0.727. The highest BCUT2D eigenvalue weighted by atomic mass is 14.7. The van der Waals surface area contributed by atoms with Crippen LogP contribution in [0.5, 0.6) is 0 Å². The molecule has 1 fully saturated rings. The average Bonchev–Trinajstić information content (AvgIpc) is 2.98. The Kier molecular flexibility index (Phi) is 4.37. The fourth-order valence-corrected chi connectivity index (χ4v) is 4.36. The molecule has 0 amide bonds. The van der Waals surface area contributed by atoms with Crippen LogP contribution in [0.25, 0.3) is 21.8 Å². The van der Waals surface area contributed by atoms with E-state index in [0.29, 0.717) is 0 Å². The summed E-state index contributed by atoms with van der Waals surface area (Å²) < 4.78 is 0. The van der Waals surface area contributed by atoms with Gasteiger partial charge in [-0.05, 0) is 30.4 Å². The van der Waals surface area contributed by atoms with Crippen LogP contribution < -0.4 is 0 Å². The van der Waals surface area contributed by atoms with E-state index in [1.165, 1.54) is 79.6 Å². The fourth-order valence-electron chi connectivity index (χ4n) is 4.36. The molecule has 1 N–H and O–H groups in total. The summed E-state index contributed by atoms with van der Waals surface area (Å²) in [5.41, 5.74) is 4.21. The lowest BCUT2D eigenvalue weighted by Crippen LogP contribution is -2.02. The van der Waals surface area contributed by atoms with Crippen LogP contribution >= 0.6 is 0 Å². The monoisotopic (exact) mass is 305 g/mol. The lowest BCUT2D eigenvalue weighted by atomic mass is 9.86. The van der Waals surface area contributed by atoms with E-state index in [0.717, 1.165) is 5.92 Å². The highest BCUT2D eigenvalue weighted by Gasteiger charge is 2.17. The van der Waals surface area contributed by atoms with Gasteiger partial charge >= 0.3 is 0 Å². The van der Waals surface area contributed by atoms with E-state index >= 15 is 0 Å². The van der Waals surface area contributed by atoms with Crippen LogP contribution in [-0.4, -0.2) is 4.98 Å². The Bertz CT molecular complexity index is 773. The first kappa shape index (κ1) is 14.8. The summed E-state index contributed by atoms with van der Waals surface area (Å²) in [6.45, 7) is 0. The Labute approximate surface area is 139 Å². The molecule has 1 saturated carbocycles. The average molecular weight is 305 g/mol. The van der Waals surface area contributed by atoms with Crippen molar-refractivity contribution in [3.63, 3.8) is 0 Å². The highest BCUT2D eigenvalue weighted by molar-refractivity contribution is 6.08. The van der Waals surface area contributed by atoms with Gasteiger partial charge in [0.1, 0.15) is 0 Å². The molecule has 0 spiro atoms. The van der Waals surface area contributed by atoms with Gasteiger partial charge in [-0.1, -0.05) is 81.3 Å². The van der Waals surface area contributed by atoms with Gasteiger partial charge in [0.15, 0.2) is 0 Å². The summed E-state index contributed by atoms with van der Waals surface area (Å²) in [7, 11) is 0. The second kappa shape index (κ2) is 6.78. The van der Waals surface area contributed by atoms with E-state index in [1.807, 2.05) is 0 Å². The SMILES string of the molecule is c1ccc2c(c1)[nH]c1c(C3CCCCCCCCC3)cccc12. The molecule has 4 rings (SSSR count). The highest BCUT2D eigenvalue weighted by Crippen LogP contribution is 2.36. The van der Waals surface area contributed by atoms with Crippen molar-refractivity contribution in [1.29, 1.82) is 0 Å². The molecule has 1 heteroatoms. The number of para-hydroxylation sites is 2. The Morgan fingerprint density at radius 2 is 1.30 bits per heavy atom. The smallest absolute Gasteiger partial charge is 0.0500 e. The van der Waals surface area contributed by atoms with Crippen LogP contribution in [-0.2, 0) is 0 Å². The van der Waals surface area contributed by atoms with Gasteiger partial charge in [0.2, 0.25) is 0 Å². The van der Waals surface area contributed by atoms with E-state index in [4.69, 9.17) is 0 Å². The third-order valence-electron chi connectivity index (χ3n) is 5.62. The molecule has 1 aliphatic rings. The fraction of sp³-hybridized carbons (Fsp3) is 0.455. The van der Waals surface area contributed by atoms with Crippen molar-refractivity contribution < 1.29 is 0 Å². The largest absolute Gasteiger partial charge is 0.354 e. The molecule has 120 valence electrons. The van der Waals surface area contributed by atoms with Gasteiger partial charge in [0.05, 0.1) is 0 Å². The van der Waals surface area contributed by atoms with Crippen molar-refractivity contribution in [2.45, 2.75) is 63.7 Å². The molecule has 0 atom stereocenters. The zero-order valence-electron chi connectivity index (χ0n) is 14.0. The van der Waals surface area contributed by atoms with Crippen molar-refractivity contribution in [3.05, 3.63) is 48.0 Å². The predicted molar refractivity (Wildman–Crippen MR) is 100 cm³/mol. The molecule has 2 aromatic carbocycles. The number of H-pyrrole nitrogens is 1. The van der Waals surface area contributed by atoms with Gasteiger partial charge in [-0.15, -0.1) is 0 Å². The van der Waals surface area contributed by atoms with Gasteiger partial charge in [-0.2, -0.15) is 0 Å². The third kappa shape index (κ3) is 3.02. The maximum atomic E-state index is 3.71. The molecule has 0 aliphatic heterocycles. The quantitative estimate of drug-likeness (QED) is 0.501. The molecule has 0 saturated heterocycles. The van der Waals surface area contributed by atoms with Crippen molar-refractivity contribution in [2.75, 3.05) is 0 Å². The molecule has 0 radical (unpaired) electrons. The van der Waals surface area contributed by atoms with Crippen molar-refractivity contribution in [1.82, 2.24) is 4.98 Å². The molecular formula is C22H27N. The van der Waals surface area contributed by atoms with Gasteiger partial charge in [-0.25, -0.2) is 0 Å². The molecule has 3 aromatic rings. The Morgan fingerprint density at radius 1 is 0.652 bits per heavy atom. The lowest BCUT2D eigenvalue weighted by Gasteiger charge is -2.19.